The minimum atomic E-state index is 0.479. The van der Waals surface area contributed by atoms with Crippen molar-refractivity contribution in [2.24, 2.45) is 0 Å². The van der Waals surface area contributed by atoms with E-state index in [1.807, 2.05) is 6.92 Å². The minimum Gasteiger partial charge on any atom is -0.384 e. The minimum absolute atomic E-state index is 0.479. The Bertz CT molecular complexity index is 300. The molecule has 0 bridgehead atoms. The molecule has 0 aliphatic heterocycles. The van der Waals surface area contributed by atoms with Gasteiger partial charge in [-0.05, 0) is 25.5 Å². The van der Waals surface area contributed by atoms with E-state index in [2.05, 4.69) is 9.83 Å². The maximum Gasteiger partial charge on any atom is 0.211 e. The van der Waals surface area contributed by atoms with Gasteiger partial charge in [-0.2, -0.15) is 0 Å². The molecule has 0 aliphatic rings. The summed E-state index contributed by atoms with van der Waals surface area (Å²) >= 11 is 0. The van der Waals surface area contributed by atoms with Gasteiger partial charge in [-0.3, -0.25) is 0 Å². The molecule has 0 spiro atoms. The molecule has 0 saturated carbocycles. The predicted octanol–water partition coefficient (Wildman–Crippen LogP) is 1.83. The van der Waals surface area contributed by atoms with E-state index in [1.54, 1.807) is 13.0 Å². The van der Waals surface area contributed by atoms with E-state index in [4.69, 9.17) is 12.3 Å². The first kappa shape index (κ1) is 7.55. The molecule has 2 N–H and O–H groups in total. The van der Waals surface area contributed by atoms with E-state index < -0.39 is 0 Å². The largest absolute Gasteiger partial charge is 0.384 e. The zero-order valence-electron chi connectivity index (χ0n) is 6.55. The van der Waals surface area contributed by atoms with E-state index in [0.717, 1.165) is 5.56 Å². The summed E-state index contributed by atoms with van der Waals surface area (Å²) in [5.41, 5.74) is 7.68. The van der Waals surface area contributed by atoms with Crippen molar-refractivity contribution in [1.29, 1.82) is 0 Å². The molecule has 3 heteroatoms. The summed E-state index contributed by atoms with van der Waals surface area (Å²) in [4.78, 5) is 7.31. The summed E-state index contributed by atoms with van der Waals surface area (Å²) in [7, 11) is 0. The number of hydrogen-bond donors (Lipinski definition) is 1. The number of nitrogen functional groups attached to an aromatic ring is 1. The fourth-order valence-electron chi connectivity index (χ4n) is 1.02. The third kappa shape index (κ3) is 1.30. The van der Waals surface area contributed by atoms with Gasteiger partial charge >= 0.3 is 0 Å². The Morgan fingerprint density at radius 3 is 2.64 bits per heavy atom. The van der Waals surface area contributed by atoms with Gasteiger partial charge in [-0.15, -0.1) is 0 Å². The van der Waals surface area contributed by atoms with Crippen LogP contribution in [0.15, 0.2) is 6.07 Å². The molecule has 1 rings (SSSR count). The molecule has 0 saturated heterocycles. The van der Waals surface area contributed by atoms with Crippen molar-refractivity contribution >= 4 is 11.5 Å². The average Bonchev–Trinajstić information content (AvgIpc) is 1.85. The molecule has 0 radical (unpaired) electrons. The van der Waals surface area contributed by atoms with Crippen LogP contribution in [0.1, 0.15) is 11.3 Å². The number of rotatable bonds is 0. The molecule has 56 valence electrons. The van der Waals surface area contributed by atoms with Crippen LogP contribution in [0, 0.1) is 20.4 Å². The van der Waals surface area contributed by atoms with Crippen molar-refractivity contribution in [3.8, 4) is 0 Å². The van der Waals surface area contributed by atoms with Crippen molar-refractivity contribution in [1.82, 2.24) is 4.98 Å². The Hall–Kier alpha value is -1.56. The van der Waals surface area contributed by atoms with Crippen molar-refractivity contribution < 1.29 is 0 Å². The summed E-state index contributed by atoms with van der Waals surface area (Å²) < 4.78 is 0. The standard InChI is InChI=1S/C8H9N3/c1-5-4-7(9)11-6(2)8(5)10-3/h4H,1-2H3,(H2,9,11). The number of nitrogens with zero attached hydrogens (tertiary/aromatic N) is 2. The fraction of sp³-hybridized carbons (Fsp3) is 0.250. The lowest BCUT2D eigenvalue weighted by atomic mass is 10.2. The van der Waals surface area contributed by atoms with Gasteiger partial charge in [0.2, 0.25) is 5.69 Å². The van der Waals surface area contributed by atoms with Crippen molar-refractivity contribution in [2.45, 2.75) is 13.8 Å². The molecule has 1 aromatic heterocycles. The number of hydrogen-bond acceptors (Lipinski definition) is 2. The van der Waals surface area contributed by atoms with Crippen LogP contribution in [0.2, 0.25) is 0 Å². The Labute approximate surface area is 65.7 Å². The lowest BCUT2D eigenvalue weighted by molar-refractivity contribution is 1.20. The molecular formula is C8H9N3. The van der Waals surface area contributed by atoms with Crippen LogP contribution < -0.4 is 5.73 Å². The second kappa shape index (κ2) is 2.59. The first-order chi connectivity index (χ1) is 5.15. The molecule has 1 aromatic rings. The van der Waals surface area contributed by atoms with Crippen LogP contribution in [0.3, 0.4) is 0 Å². The highest BCUT2D eigenvalue weighted by molar-refractivity contribution is 5.58. The normalized spacial score (nSPS) is 9.18. The molecule has 0 aliphatic carbocycles. The Kier molecular flexibility index (Phi) is 1.77. The van der Waals surface area contributed by atoms with Gasteiger partial charge in [0.25, 0.3) is 0 Å². The molecule has 0 unspecified atom stereocenters. The van der Waals surface area contributed by atoms with Gasteiger partial charge < -0.3 is 5.73 Å². The van der Waals surface area contributed by atoms with Gasteiger partial charge in [0, 0.05) is 5.69 Å². The van der Waals surface area contributed by atoms with Gasteiger partial charge in [0.05, 0.1) is 6.57 Å². The first-order valence-electron chi connectivity index (χ1n) is 3.26. The Morgan fingerprint density at radius 2 is 2.18 bits per heavy atom. The summed E-state index contributed by atoms with van der Waals surface area (Å²) in [5.74, 6) is 0.479. The van der Waals surface area contributed by atoms with Crippen molar-refractivity contribution in [3.05, 3.63) is 28.7 Å². The van der Waals surface area contributed by atoms with E-state index in [0.29, 0.717) is 17.2 Å². The smallest absolute Gasteiger partial charge is 0.211 e. The van der Waals surface area contributed by atoms with Crippen LogP contribution in [0.5, 0.6) is 0 Å². The van der Waals surface area contributed by atoms with E-state index in [9.17, 15) is 0 Å². The lowest BCUT2D eigenvalue weighted by Crippen LogP contribution is -1.93. The predicted molar refractivity (Wildman–Crippen MR) is 44.4 cm³/mol. The van der Waals surface area contributed by atoms with Crippen LogP contribution in [-0.2, 0) is 0 Å². The number of aromatic nitrogens is 1. The lowest BCUT2D eigenvalue weighted by Gasteiger charge is -2.01. The topological polar surface area (TPSA) is 43.3 Å². The number of pyridine rings is 1. The summed E-state index contributed by atoms with van der Waals surface area (Å²) in [6.07, 6.45) is 0. The Morgan fingerprint density at radius 1 is 1.55 bits per heavy atom. The molecule has 0 atom stereocenters. The average molecular weight is 147 g/mol. The van der Waals surface area contributed by atoms with Gasteiger partial charge in [0.1, 0.15) is 5.82 Å². The third-order valence-electron chi connectivity index (χ3n) is 1.49. The summed E-state index contributed by atoms with van der Waals surface area (Å²) in [5, 5.41) is 0. The van der Waals surface area contributed by atoms with Crippen LogP contribution >= 0.6 is 0 Å². The van der Waals surface area contributed by atoms with Crippen molar-refractivity contribution in [3.63, 3.8) is 0 Å². The number of nitrogens with two attached hydrogens (primary N) is 1. The fourth-order valence-corrected chi connectivity index (χ4v) is 1.02. The van der Waals surface area contributed by atoms with Gasteiger partial charge in [-0.25, -0.2) is 9.83 Å². The molecule has 0 fully saturated rings. The maximum absolute atomic E-state index is 6.84. The van der Waals surface area contributed by atoms with E-state index >= 15 is 0 Å². The highest BCUT2D eigenvalue weighted by atomic mass is 14.9. The molecule has 11 heavy (non-hydrogen) atoms. The maximum atomic E-state index is 6.84. The van der Waals surface area contributed by atoms with Gasteiger partial charge in [0.15, 0.2) is 0 Å². The molecule has 3 nitrogen and oxygen atoms in total. The summed E-state index contributed by atoms with van der Waals surface area (Å²) in [6.45, 7) is 10.5. The SMILES string of the molecule is [C-]#[N+]c1c(C)cc(N)nc1C. The zero-order chi connectivity index (χ0) is 8.43. The second-order valence-corrected chi connectivity index (χ2v) is 2.41. The monoisotopic (exact) mass is 147 g/mol. The van der Waals surface area contributed by atoms with Gasteiger partial charge in [-0.1, -0.05) is 0 Å². The highest BCUT2D eigenvalue weighted by Gasteiger charge is 2.03. The zero-order valence-corrected chi connectivity index (χ0v) is 6.55. The van der Waals surface area contributed by atoms with E-state index in [1.165, 1.54) is 0 Å². The molecule has 1 heterocycles. The van der Waals surface area contributed by atoms with E-state index in [-0.39, 0.29) is 0 Å². The Balaban J connectivity index is 3.40. The molecule has 0 amide bonds. The summed E-state index contributed by atoms with van der Waals surface area (Å²) in [6, 6.07) is 1.71. The quantitative estimate of drug-likeness (QED) is 0.569. The van der Waals surface area contributed by atoms with Crippen molar-refractivity contribution in [2.75, 3.05) is 5.73 Å². The van der Waals surface area contributed by atoms with Crippen LogP contribution in [0.25, 0.3) is 4.85 Å². The second-order valence-electron chi connectivity index (χ2n) is 2.41. The van der Waals surface area contributed by atoms with Crippen LogP contribution in [0.4, 0.5) is 11.5 Å². The molecule has 0 aromatic carbocycles. The number of anilines is 1. The highest BCUT2D eigenvalue weighted by Crippen LogP contribution is 2.22. The third-order valence-corrected chi connectivity index (χ3v) is 1.49. The van der Waals surface area contributed by atoms with Crippen LogP contribution in [-0.4, -0.2) is 4.98 Å². The molecular weight excluding hydrogens is 138 g/mol. The first-order valence-corrected chi connectivity index (χ1v) is 3.26. The number of aryl methyl sites for hydroxylation is 2.